The minimum Gasteiger partial charge on any atom is -0.371 e. The second-order valence-corrected chi connectivity index (χ2v) is 6.40. The Bertz CT molecular complexity index is 729. The highest BCUT2D eigenvalue weighted by Gasteiger charge is 2.20. The van der Waals surface area contributed by atoms with Crippen LogP contribution in [0.4, 0.5) is 20.6 Å². The number of para-hydroxylation sites is 1. The zero-order valence-electron chi connectivity index (χ0n) is 14.3. The molecule has 2 heterocycles. The van der Waals surface area contributed by atoms with Crippen molar-refractivity contribution in [2.24, 2.45) is 5.92 Å². The van der Waals surface area contributed by atoms with Crippen LogP contribution in [0.25, 0.3) is 0 Å². The first-order valence-electron chi connectivity index (χ1n) is 8.59. The molecule has 0 spiro atoms. The van der Waals surface area contributed by atoms with Crippen LogP contribution in [0.3, 0.4) is 0 Å². The molecular formula is C19H23FN4O. The van der Waals surface area contributed by atoms with E-state index in [1.54, 1.807) is 18.2 Å². The van der Waals surface area contributed by atoms with Crippen LogP contribution >= 0.6 is 0 Å². The van der Waals surface area contributed by atoms with Crippen molar-refractivity contribution in [2.75, 3.05) is 29.9 Å². The van der Waals surface area contributed by atoms with E-state index in [2.05, 4.69) is 26.6 Å². The SMILES string of the molecule is Cc1cc(N2CCC(CNC(=O)Nc3ccccc3F)CC2)ccn1. The number of carbonyl (C=O) groups is 1. The van der Waals surface area contributed by atoms with Crippen molar-refractivity contribution in [2.45, 2.75) is 19.8 Å². The molecule has 0 saturated carbocycles. The Morgan fingerprint density at radius 3 is 2.76 bits per heavy atom. The number of urea groups is 1. The van der Waals surface area contributed by atoms with E-state index < -0.39 is 5.82 Å². The second-order valence-electron chi connectivity index (χ2n) is 6.40. The van der Waals surface area contributed by atoms with Crippen molar-refractivity contribution in [3.05, 3.63) is 54.1 Å². The minimum atomic E-state index is -0.432. The van der Waals surface area contributed by atoms with E-state index in [1.807, 2.05) is 19.2 Å². The molecule has 0 radical (unpaired) electrons. The number of pyridine rings is 1. The quantitative estimate of drug-likeness (QED) is 0.893. The summed E-state index contributed by atoms with van der Waals surface area (Å²) < 4.78 is 13.5. The maximum absolute atomic E-state index is 13.5. The Hall–Kier alpha value is -2.63. The van der Waals surface area contributed by atoms with Crippen LogP contribution in [0.1, 0.15) is 18.5 Å². The number of hydrogen-bond acceptors (Lipinski definition) is 3. The second kappa shape index (κ2) is 7.96. The Morgan fingerprint density at radius 2 is 2.04 bits per heavy atom. The van der Waals surface area contributed by atoms with E-state index in [0.717, 1.165) is 31.6 Å². The molecule has 5 nitrogen and oxygen atoms in total. The number of amides is 2. The molecule has 0 atom stereocenters. The number of benzene rings is 1. The third-order valence-electron chi connectivity index (χ3n) is 4.53. The van der Waals surface area contributed by atoms with Crippen LogP contribution in [0.15, 0.2) is 42.6 Å². The standard InChI is InChI=1S/C19H23FN4O/c1-14-12-16(6-9-21-14)24-10-7-15(8-11-24)13-22-19(25)23-18-5-3-2-4-17(18)20/h2-6,9,12,15H,7-8,10-11,13H2,1H3,(H2,22,23,25). The number of nitrogens with zero attached hydrogens (tertiary/aromatic N) is 2. The van der Waals surface area contributed by atoms with Crippen LogP contribution in [-0.4, -0.2) is 30.6 Å². The number of anilines is 2. The van der Waals surface area contributed by atoms with E-state index in [0.29, 0.717) is 12.5 Å². The highest BCUT2D eigenvalue weighted by atomic mass is 19.1. The maximum atomic E-state index is 13.5. The van der Waals surface area contributed by atoms with E-state index in [-0.39, 0.29) is 11.7 Å². The van der Waals surface area contributed by atoms with Crippen LogP contribution in [-0.2, 0) is 0 Å². The molecule has 25 heavy (non-hydrogen) atoms. The van der Waals surface area contributed by atoms with E-state index >= 15 is 0 Å². The first-order valence-corrected chi connectivity index (χ1v) is 8.59. The van der Waals surface area contributed by atoms with E-state index in [1.165, 1.54) is 11.8 Å². The molecule has 2 aromatic rings. The van der Waals surface area contributed by atoms with Gasteiger partial charge in [0.25, 0.3) is 0 Å². The molecule has 0 aliphatic carbocycles. The van der Waals surface area contributed by atoms with Crippen LogP contribution in [0, 0.1) is 18.7 Å². The van der Waals surface area contributed by atoms with Crippen molar-refractivity contribution in [3.63, 3.8) is 0 Å². The van der Waals surface area contributed by atoms with Gasteiger partial charge in [0, 0.05) is 37.2 Å². The van der Waals surface area contributed by atoms with Crippen molar-refractivity contribution in [1.82, 2.24) is 10.3 Å². The molecule has 1 saturated heterocycles. The fourth-order valence-corrected chi connectivity index (χ4v) is 3.09. The number of aromatic nitrogens is 1. The highest BCUT2D eigenvalue weighted by Crippen LogP contribution is 2.23. The number of hydrogen-bond donors (Lipinski definition) is 2. The summed E-state index contributed by atoms with van der Waals surface area (Å²) in [4.78, 5) is 18.5. The third-order valence-corrected chi connectivity index (χ3v) is 4.53. The molecule has 1 aromatic carbocycles. The fourth-order valence-electron chi connectivity index (χ4n) is 3.09. The molecule has 1 aliphatic heterocycles. The predicted molar refractivity (Wildman–Crippen MR) is 97.3 cm³/mol. The lowest BCUT2D eigenvalue weighted by molar-refractivity contribution is 0.248. The monoisotopic (exact) mass is 342 g/mol. The Labute approximate surface area is 147 Å². The lowest BCUT2D eigenvalue weighted by Gasteiger charge is -2.33. The van der Waals surface area contributed by atoms with Crippen LogP contribution < -0.4 is 15.5 Å². The topological polar surface area (TPSA) is 57.3 Å². The van der Waals surface area contributed by atoms with Gasteiger partial charge >= 0.3 is 6.03 Å². The van der Waals surface area contributed by atoms with Gasteiger partial charge in [0.1, 0.15) is 5.82 Å². The number of nitrogens with one attached hydrogen (secondary N) is 2. The number of halogens is 1. The molecule has 3 rings (SSSR count). The van der Waals surface area contributed by atoms with Crippen molar-refractivity contribution in [3.8, 4) is 0 Å². The Morgan fingerprint density at radius 1 is 1.28 bits per heavy atom. The van der Waals surface area contributed by atoms with Gasteiger partial charge < -0.3 is 15.5 Å². The molecular weight excluding hydrogens is 319 g/mol. The van der Waals surface area contributed by atoms with Crippen LogP contribution in [0.5, 0.6) is 0 Å². The van der Waals surface area contributed by atoms with E-state index in [9.17, 15) is 9.18 Å². The average Bonchev–Trinajstić information content (AvgIpc) is 2.62. The normalized spacial score (nSPS) is 15.0. The van der Waals surface area contributed by atoms with Gasteiger partial charge in [0.15, 0.2) is 0 Å². The van der Waals surface area contributed by atoms with Gasteiger partial charge in [-0.05, 0) is 49.9 Å². The summed E-state index contributed by atoms with van der Waals surface area (Å²) >= 11 is 0. The zero-order valence-corrected chi connectivity index (χ0v) is 14.3. The Kier molecular flexibility index (Phi) is 5.48. The lowest BCUT2D eigenvalue weighted by atomic mass is 9.96. The summed E-state index contributed by atoms with van der Waals surface area (Å²) in [7, 11) is 0. The summed E-state index contributed by atoms with van der Waals surface area (Å²) in [6.45, 7) is 4.52. The molecule has 1 aliphatic rings. The zero-order chi connectivity index (χ0) is 17.6. The Balaban J connectivity index is 1.43. The summed E-state index contributed by atoms with van der Waals surface area (Å²) in [5.74, 6) is 0.00385. The summed E-state index contributed by atoms with van der Waals surface area (Å²) in [6.07, 6.45) is 3.87. The van der Waals surface area contributed by atoms with Gasteiger partial charge in [-0.15, -0.1) is 0 Å². The fraction of sp³-hybridized carbons (Fsp3) is 0.368. The largest absolute Gasteiger partial charge is 0.371 e. The molecule has 2 N–H and O–H groups in total. The van der Waals surface area contributed by atoms with Gasteiger partial charge in [0.2, 0.25) is 0 Å². The number of rotatable bonds is 4. The lowest BCUT2D eigenvalue weighted by Crippen LogP contribution is -2.39. The minimum absolute atomic E-state index is 0.197. The molecule has 0 bridgehead atoms. The van der Waals surface area contributed by atoms with Crippen molar-refractivity contribution in [1.29, 1.82) is 0 Å². The number of carbonyl (C=O) groups excluding carboxylic acids is 1. The van der Waals surface area contributed by atoms with Gasteiger partial charge in [-0.2, -0.15) is 0 Å². The van der Waals surface area contributed by atoms with Gasteiger partial charge in [-0.3, -0.25) is 4.98 Å². The van der Waals surface area contributed by atoms with Crippen molar-refractivity contribution >= 4 is 17.4 Å². The van der Waals surface area contributed by atoms with Gasteiger partial charge in [0.05, 0.1) is 5.69 Å². The molecule has 1 fully saturated rings. The van der Waals surface area contributed by atoms with Gasteiger partial charge in [-0.1, -0.05) is 12.1 Å². The van der Waals surface area contributed by atoms with Crippen molar-refractivity contribution < 1.29 is 9.18 Å². The first kappa shape index (κ1) is 17.2. The molecule has 1 aromatic heterocycles. The number of piperidine rings is 1. The highest BCUT2D eigenvalue weighted by molar-refractivity contribution is 5.89. The van der Waals surface area contributed by atoms with Gasteiger partial charge in [-0.25, -0.2) is 9.18 Å². The predicted octanol–water partition coefficient (Wildman–Crippen LogP) is 3.57. The molecule has 6 heteroatoms. The average molecular weight is 342 g/mol. The third kappa shape index (κ3) is 4.68. The maximum Gasteiger partial charge on any atom is 0.319 e. The summed E-state index contributed by atoms with van der Waals surface area (Å²) in [6, 6.07) is 9.92. The smallest absolute Gasteiger partial charge is 0.319 e. The van der Waals surface area contributed by atoms with Crippen LogP contribution in [0.2, 0.25) is 0 Å². The molecule has 132 valence electrons. The summed E-state index contributed by atoms with van der Waals surface area (Å²) in [5, 5.41) is 5.39. The molecule has 0 unspecified atom stereocenters. The number of aryl methyl sites for hydroxylation is 1. The first-order chi connectivity index (χ1) is 12.1. The molecule has 2 amide bonds. The van der Waals surface area contributed by atoms with E-state index in [4.69, 9.17) is 0 Å². The summed E-state index contributed by atoms with van der Waals surface area (Å²) in [5.41, 5.74) is 2.42.